The number of piperidine rings is 1. The van der Waals surface area contributed by atoms with E-state index in [2.05, 4.69) is 0 Å². The van der Waals surface area contributed by atoms with Crippen LogP contribution in [0.25, 0.3) is 0 Å². The van der Waals surface area contributed by atoms with Gasteiger partial charge in [-0.2, -0.15) is 0 Å². The van der Waals surface area contributed by atoms with Crippen LogP contribution >= 0.6 is 0 Å². The molecule has 1 N–H and O–H groups in total. The van der Waals surface area contributed by atoms with E-state index in [0.29, 0.717) is 13.0 Å². The second kappa shape index (κ2) is 9.38. The van der Waals surface area contributed by atoms with Gasteiger partial charge in [0.25, 0.3) is 11.6 Å². The smallest absolute Gasteiger partial charge is 0.286 e. The van der Waals surface area contributed by atoms with Gasteiger partial charge in [0.05, 0.1) is 30.7 Å². The van der Waals surface area contributed by atoms with Crippen LogP contribution in [0, 0.1) is 10.1 Å². The number of ether oxygens (including phenoxy) is 2. The van der Waals surface area contributed by atoms with Crippen molar-refractivity contribution < 1.29 is 24.3 Å². The van der Waals surface area contributed by atoms with E-state index in [0.717, 1.165) is 18.4 Å². The summed E-state index contributed by atoms with van der Waals surface area (Å²) in [5.41, 5.74) is 0.483. The van der Waals surface area contributed by atoms with Gasteiger partial charge in [-0.05, 0) is 24.8 Å². The number of nitrogens with zero attached hydrogens (tertiary/aromatic N) is 2. The number of hydrogen-bond donors (Lipinski definition) is 1. The van der Waals surface area contributed by atoms with Gasteiger partial charge in [0, 0.05) is 12.6 Å². The van der Waals surface area contributed by atoms with Crippen molar-refractivity contribution in [3.05, 3.63) is 63.7 Å². The Bertz CT molecular complexity index is 871. The number of aliphatic hydroxyl groups is 1. The van der Waals surface area contributed by atoms with E-state index in [9.17, 15) is 20.0 Å². The molecule has 154 valence electrons. The fourth-order valence-electron chi connectivity index (χ4n) is 3.49. The Kier molecular flexibility index (Phi) is 6.66. The van der Waals surface area contributed by atoms with E-state index in [1.807, 2.05) is 30.3 Å². The highest BCUT2D eigenvalue weighted by atomic mass is 16.6. The van der Waals surface area contributed by atoms with Crippen molar-refractivity contribution in [2.24, 2.45) is 0 Å². The van der Waals surface area contributed by atoms with Crippen LogP contribution in [0.2, 0.25) is 0 Å². The first-order valence-electron chi connectivity index (χ1n) is 9.50. The minimum Gasteiger partial charge on any atom is -0.493 e. The van der Waals surface area contributed by atoms with Crippen LogP contribution in [0.3, 0.4) is 0 Å². The number of nitro benzene ring substituents is 1. The van der Waals surface area contributed by atoms with Gasteiger partial charge in [-0.1, -0.05) is 30.3 Å². The highest BCUT2D eigenvalue weighted by Crippen LogP contribution is 2.36. The van der Waals surface area contributed by atoms with Crippen LogP contribution in [-0.4, -0.2) is 47.1 Å². The van der Waals surface area contributed by atoms with E-state index >= 15 is 0 Å². The van der Waals surface area contributed by atoms with Crippen LogP contribution in [0.5, 0.6) is 11.5 Å². The van der Waals surface area contributed by atoms with Crippen LogP contribution < -0.4 is 9.47 Å². The zero-order chi connectivity index (χ0) is 20.8. The van der Waals surface area contributed by atoms with E-state index < -0.39 is 10.8 Å². The van der Waals surface area contributed by atoms with Crippen LogP contribution in [0.1, 0.15) is 35.2 Å². The summed E-state index contributed by atoms with van der Waals surface area (Å²) in [6.07, 6.45) is 2.38. The third-order valence-corrected chi connectivity index (χ3v) is 5.04. The summed E-state index contributed by atoms with van der Waals surface area (Å²) in [7, 11) is 1.42. The second-order valence-corrected chi connectivity index (χ2v) is 6.88. The summed E-state index contributed by atoms with van der Waals surface area (Å²) in [4.78, 5) is 25.7. The molecule has 0 bridgehead atoms. The molecule has 8 heteroatoms. The molecule has 0 saturated carbocycles. The zero-order valence-corrected chi connectivity index (χ0v) is 16.2. The minimum absolute atomic E-state index is 0.0701. The lowest BCUT2D eigenvalue weighted by Gasteiger charge is -2.34. The Labute approximate surface area is 168 Å². The molecule has 0 radical (unpaired) electrons. The first-order chi connectivity index (χ1) is 14.0. The molecular weight excluding hydrogens is 376 g/mol. The van der Waals surface area contributed by atoms with Gasteiger partial charge in [-0.3, -0.25) is 14.9 Å². The number of aliphatic hydroxyl groups excluding tert-OH is 1. The highest BCUT2D eigenvalue weighted by Gasteiger charge is 2.32. The molecule has 1 saturated heterocycles. The van der Waals surface area contributed by atoms with Crippen molar-refractivity contribution in [1.82, 2.24) is 4.90 Å². The lowest BCUT2D eigenvalue weighted by atomic mass is 10.0. The van der Waals surface area contributed by atoms with Crippen LogP contribution in [-0.2, 0) is 6.61 Å². The molecule has 8 nitrogen and oxygen atoms in total. The molecule has 1 amide bonds. The summed E-state index contributed by atoms with van der Waals surface area (Å²) in [5, 5.41) is 21.3. The predicted octanol–water partition coefficient (Wildman–Crippen LogP) is 3.17. The third-order valence-electron chi connectivity index (χ3n) is 5.04. The molecular formula is C21H24N2O6. The monoisotopic (exact) mass is 400 g/mol. The average molecular weight is 400 g/mol. The van der Waals surface area contributed by atoms with E-state index in [1.54, 1.807) is 0 Å². The van der Waals surface area contributed by atoms with Gasteiger partial charge in [-0.25, -0.2) is 0 Å². The second-order valence-electron chi connectivity index (χ2n) is 6.88. The summed E-state index contributed by atoms with van der Waals surface area (Å²) in [6, 6.07) is 11.6. The molecule has 0 spiro atoms. The summed E-state index contributed by atoms with van der Waals surface area (Å²) < 4.78 is 11.1. The van der Waals surface area contributed by atoms with Gasteiger partial charge in [0.2, 0.25) is 0 Å². The molecule has 3 rings (SSSR count). The molecule has 0 aromatic heterocycles. The van der Waals surface area contributed by atoms with Crippen LogP contribution in [0.4, 0.5) is 5.69 Å². The summed E-state index contributed by atoms with van der Waals surface area (Å²) in [5.74, 6) is -0.0484. The zero-order valence-electron chi connectivity index (χ0n) is 16.2. The number of methoxy groups -OCH3 is 1. The average Bonchev–Trinajstić information content (AvgIpc) is 2.77. The normalized spacial score (nSPS) is 16.3. The Hall–Kier alpha value is -3.13. The van der Waals surface area contributed by atoms with Crippen molar-refractivity contribution in [2.45, 2.75) is 31.9 Å². The predicted molar refractivity (Wildman–Crippen MR) is 106 cm³/mol. The number of carbonyl (C=O) groups excluding carboxylic acids is 1. The maximum absolute atomic E-state index is 13.1. The van der Waals surface area contributed by atoms with Gasteiger partial charge in [-0.15, -0.1) is 0 Å². The lowest BCUT2D eigenvalue weighted by molar-refractivity contribution is -0.385. The quantitative estimate of drug-likeness (QED) is 0.566. The first-order valence-corrected chi connectivity index (χ1v) is 9.50. The van der Waals surface area contributed by atoms with Crippen molar-refractivity contribution in [2.75, 3.05) is 20.3 Å². The van der Waals surface area contributed by atoms with Gasteiger partial charge in [0.15, 0.2) is 11.5 Å². The largest absolute Gasteiger partial charge is 0.493 e. The molecule has 1 aliphatic rings. The topological polar surface area (TPSA) is 102 Å². The standard InChI is InChI=1S/C21H24N2O6/c1-28-19-11-17(21(25)22-10-6-5-9-16(22)13-24)18(23(26)27)12-20(19)29-14-15-7-3-2-4-8-15/h2-4,7-8,11-12,16,24H,5-6,9-10,13-14H2,1H3. The van der Waals surface area contributed by atoms with Gasteiger partial charge >= 0.3 is 0 Å². The number of rotatable bonds is 7. The Morgan fingerprint density at radius 3 is 2.66 bits per heavy atom. The maximum atomic E-state index is 13.1. The van der Waals surface area contributed by atoms with Crippen molar-refractivity contribution in [3.8, 4) is 11.5 Å². The molecule has 29 heavy (non-hydrogen) atoms. The number of hydrogen-bond acceptors (Lipinski definition) is 6. The number of amides is 1. The summed E-state index contributed by atoms with van der Waals surface area (Å²) >= 11 is 0. The Morgan fingerprint density at radius 1 is 1.24 bits per heavy atom. The Balaban J connectivity index is 1.93. The van der Waals surface area contributed by atoms with E-state index in [1.165, 1.54) is 24.1 Å². The highest BCUT2D eigenvalue weighted by molar-refractivity contribution is 5.99. The van der Waals surface area contributed by atoms with Crippen molar-refractivity contribution in [1.29, 1.82) is 0 Å². The molecule has 1 fully saturated rings. The summed E-state index contributed by atoms with van der Waals surface area (Å²) in [6.45, 7) is 0.491. The third kappa shape index (κ3) is 4.65. The fourth-order valence-corrected chi connectivity index (χ4v) is 3.49. The fraction of sp³-hybridized carbons (Fsp3) is 0.381. The molecule has 1 unspecified atom stereocenters. The molecule has 0 aliphatic carbocycles. The molecule has 1 aliphatic heterocycles. The molecule has 2 aromatic carbocycles. The molecule has 2 aromatic rings. The first kappa shape index (κ1) is 20.6. The Morgan fingerprint density at radius 2 is 2.00 bits per heavy atom. The van der Waals surface area contributed by atoms with E-state index in [4.69, 9.17) is 9.47 Å². The van der Waals surface area contributed by atoms with Crippen LogP contribution in [0.15, 0.2) is 42.5 Å². The lowest BCUT2D eigenvalue weighted by Crippen LogP contribution is -2.45. The number of nitro groups is 1. The van der Waals surface area contributed by atoms with Crippen molar-refractivity contribution in [3.63, 3.8) is 0 Å². The SMILES string of the molecule is COc1cc(C(=O)N2CCCCC2CO)c([N+](=O)[O-])cc1OCc1ccccc1. The molecule has 1 atom stereocenters. The minimum atomic E-state index is -0.597. The molecule has 1 heterocycles. The van der Waals surface area contributed by atoms with Gasteiger partial charge in [0.1, 0.15) is 12.2 Å². The number of benzene rings is 2. The van der Waals surface area contributed by atoms with Crippen molar-refractivity contribution >= 4 is 11.6 Å². The number of carbonyl (C=O) groups is 1. The number of likely N-dealkylation sites (tertiary alicyclic amines) is 1. The van der Waals surface area contributed by atoms with E-state index in [-0.39, 0.29) is 42.0 Å². The van der Waals surface area contributed by atoms with Gasteiger partial charge < -0.3 is 19.5 Å². The maximum Gasteiger partial charge on any atom is 0.286 e.